The van der Waals surface area contributed by atoms with E-state index >= 15 is 0 Å². The van der Waals surface area contributed by atoms with Crippen LogP contribution < -0.4 is 10.2 Å². The van der Waals surface area contributed by atoms with E-state index in [1.807, 2.05) is 41.0 Å². The van der Waals surface area contributed by atoms with Crippen molar-refractivity contribution in [1.29, 1.82) is 0 Å². The van der Waals surface area contributed by atoms with Crippen LogP contribution in [0.15, 0.2) is 52.1 Å². The zero-order valence-electron chi connectivity index (χ0n) is 17.9. The van der Waals surface area contributed by atoms with Crippen LogP contribution in [0.4, 0.5) is 5.69 Å². The number of carbonyl (C=O) groups is 2. The first-order chi connectivity index (χ1) is 15.2. The zero-order valence-corrected chi connectivity index (χ0v) is 17.9. The van der Waals surface area contributed by atoms with Crippen LogP contribution in [0.25, 0.3) is 0 Å². The molecule has 2 fully saturated rings. The van der Waals surface area contributed by atoms with Crippen molar-refractivity contribution in [2.75, 3.05) is 44.2 Å². The second-order valence-corrected chi connectivity index (χ2v) is 7.74. The fraction of sp³-hybridized carbons (Fsp3) is 0.435. The van der Waals surface area contributed by atoms with Crippen LogP contribution in [0.5, 0.6) is 0 Å². The summed E-state index contributed by atoms with van der Waals surface area (Å²) in [6.07, 6.45) is 3.09. The Morgan fingerprint density at radius 1 is 1.06 bits per heavy atom. The molecule has 31 heavy (non-hydrogen) atoms. The molecule has 1 aromatic carbocycles. The Morgan fingerprint density at radius 3 is 2.42 bits per heavy atom. The molecule has 4 rings (SSSR count). The molecule has 2 aliphatic rings. The van der Waals surface area contributed by atoms with Crippen LogP contribution in [-0.4, -0.2) is 66.8 Å². The topological polar surface area (TPSA) is 81.4 Å². The van der Waals surface area contributed by atoms with Crippen LogP contribution in [0.2, 0.25) is 0 Å². The van der Waals surface area contributed by atoms with Gasteiger partial charge in [0.05, 0.1) is 12.8 Å². The Morgan fingerprint density at radius 2 is 1.81 bits per heavy atom. The molecule has 0 bridgehead atoms. The molecule has 3 heterocycles. The van der Waals surface area contributed by atoms with Crippen molar-refractivity contribution in [3.05, 3.63) is 54.0 Å². The van der Waals surface area contributed by atoms with Gasteiger partial charge in [-0.25, -0.2) is 4.99 Å². The van der Waals surface area contributed by atoms with E-state index in [1.54, 1.807) is 12.1 Å². The van der Waals surface area contributed by atoms with Gasteiger partial charge in [0.15, 0.2) is 11.7 Å². The average molecular weight is 424 g/mol. The van der Waals surface area contributed by atoms with Crippen LogP contribution in [0.3, 0.4) is 0 Å². The van der Waals surface area contributed by atoms with Gasteiger partial charge >= 0.3 is 0 Å². The number of benzene rings is 1. The number of nitrogens with one attached hydrogen (secondary N) is 1. The Bertz CT molecular complexity index is 915. The number of carbonyl (C=O) groups excluding carboxylic acids is 2. The van der Waals surface area contributed by atoms with E-state index in [-0.39, 0.29) is 11.8 Å². The molecule has 1 aromatic heterocycles. The normalized spacial score (nSPS) is 17.4. The van der Waals surface area contributed by atoms with E-state index in [4.69, 9.17) is 9.41 Å². The highest BCUT2D eigenvalue weighted by atomic mass is 16.3. The van der Waals surface area contributed by atoms with Gasteiger partial charge in [0.2, 0.25) is 5.91 Å². The van der Waals surface area contributed by atoms with Gasteiger partial charge in [0.25, 0.3) is 5.91 Å². The largest absolute Gasteiger partial charge is 0.459 e. The maximum Gasteiger partial charge on any atom is 0.289 e. The van der Waals surface area contributed by atoms with Crippen LogP contribution >= 0.6 is 0 Å². The monoisotopic (exact) mass is 423 g/mol. The predicted octanol–water partition coefficient (Wildman–Crippen LogP) is 2.33. The number of furan rings is 1. The zero-order chi connectivity index (χ0) is 21.6. The van der Waals surface area contributed by atoms with Crippen molar-refractivity contribution >= 4 is 23.5 Å². The number of rotatable bonds is 5. The minimum atomic E-state index is -0.0665. The minimum absolute atomic E-state index is 0.0665. The molecule has 0 aliphatic carbocycles. The van der Waals surface area contributed by atoms with Crippen molar-refractivity contribution in [1.82, 2.24) is 15.1 Å². The second kappa shape index (κ2) is 9.68. The first-order valence-electron chi connectivity index (χ1n) is 10.9. The third kappa shape index (κ3) is 4.90. The molecule has 0 unspecified atom stereocenters. The maximum atomic E-state index is 12.5. The van der Waals surface area contributed by atoms with E-state index in [2.05, 4.69) is 10.2 Å². The van der Waals surface area contributed by atoms with Crippen LogP contribution in [0, 0.1) is 0 Å². The Hall–Kier alpha value is -3.29. The molecule has 0 radical (unpaired) electrons. The number of hydrogen-bond acceptors (Lipinski definition) is 4. The van der Waals surface area contributed by atoms with Gasteiger partial charge < -0.3 is 24.4 Å². The summed E-state index contributed by atoms with van der Waals surface area (Å²) in [4.78, 5) is 35.0. The van der Waals surface area contributed by atoms with Gasteiger partial charge in [-0.3, -0.25) is 9.59 Å². The maximum absolute atomic E-state index is 12.5. The Kier molecular flexibility index (Phi) is 6.54. The summed E-state index contributed by atoms with van der Waals surface area (Å²) in [6, 6.07) is 11.5. The molecule has 0 atom stereocenters. The highest BCUT2D eigenvalue weighted by Gasteiger charge is 2.25. The molecule has 0 spiro atoms. The van der Waals surface area contributed by atoms with Crippen LogP contribution in [-0.2, 0) is 11.3 Å². The lowest BCUT2D eigenvalue weighted by Crippen LogP contribution is -2.53. The number of amides is 2. The van der Waals surface area contributed by atoms with E-state index in [0.717, 1.165) is 36.7 Å². The van der Waals surface area contributed by atoms with Crippen LogP contribution in [0.1, 0.15) is 35.9 Å². The summed E-state index contributed by atoms with van der Waals surface area (Å²) >= 11 is 0. The summed E-state index contributed by atoms with van der Waals surface area (Å²) in [5.41, 5.74) is 2.05. The van der Waals surface area contributed by atoms with Gasteiger partial charge in [0, 0.05) is 51.4 Å². The standard InChI is InChI=1S/C23H29N5O3/c1-2-24-23(27-14-12-26(13-15-27)22(30)20-5-4-16-31-20)25-17-18-7-9-19(10-8-18)28-11-3-6-21(28)29/h4-5,7-10,16H,2-3,6,11-15,17H2,1H3,(H,24,25). The summed E-state index contributed by atoms with van der Waals surface area (Å²) in [5, 5.41) is 3.36. The fourth-order valence-corrected chi connectivity index (χ4v) is 3.97. The van der Waals surface area contributed by atoms with Gasteiger partial charge in [-0.2, -0.15) is 0 Å². The third-order valence-corrected chi connectivity index (χ3v) is 5.67. The molecule has 0 saturated carbocycles. The molecule has 2 aromatic rings. The number of anilines is 1. The van der Waals surface area contributed by atoms with Crippen molar-refractivity contribution in [3.63, 3.8) is 0 Å². The van der Waals surface area contributed by atoms with E-state index in [9.17, 15) is 9.59 Å². The summed E-state index contributed by atoms with van der Waals surface area (Å²) in [6.45, 7) is 6.87. The van der Waals surface area contributed by atoms with E-state index in [1.165, 1.54) is 6.26 Å². The highest BCUT2D eigenvalue weighted by molar-refractivity contribution is 5.95. The Labute approximate surface area is 182 Å². The summed E-state index contributed by atoms with van der Waals surface area (Å²) in [7, 11) is 0. The Balaban J connectivity index is 1.35. The van der Waals surface area contributed by atoms with Crippen molar-refractivity contribution in [2.24, 2.45) is 4.99 Å². The number of piperazine rings is 1. The molecule has 164 valence electrons. The smallest absolute Gasteiger partial charge is 0.289 e. The van der Waals surface area contributed by atoms with Crippen molar-refractivity contribution in [3.8, 4) is 0 Å². The molecule has 2 aliphatic heterocycles. The lowest BCUT2D eigenvalue weighted by molar-refractivity contribution is -0.117. The lowest BCUT2D eigenvalue weighted by Gasteiger charge is -2.36. The number of hydrogen-bond donors (Lipinski definition) is 1. The second-order valence-electron chi connectivity index (χ2n) is 7.74. The first kappa shape index (κ1) is 21.0. The number of guanidine groups is 1. The molecular formula is C23H29N5O3. The number of nitrogens with zero attached hydrogens (tertiary/aromatic N) is 4. The molecular weight excluding hydrogens is 394 g/mol. The quantitative estimate of drug-likeness (QED) is 0.590. The molecule has 2 amide bonds. The first-order valence-corrected chi connectivity index (χ1v) is 10.9. The summed E-state index contributed by atoms with van der Waals surface area (Å²) in [5.74, 6) is 1.37. The number of aliphatic imine (C=N–C) groups is 1. The molecule has 8 nitrogen and oxygen atoms in total. The van der Waals surface area contributed by atoms with Gasteiger partial charge in [0.1, 0.15) is 0 Å². The molecule has 8 heteroatoms. The van der Waals surface area contributed by atoms with Crippen molar-refractivity contribution < 1.29 is 14.0 Å². The van der Waals surface area contributed by atoms with Crippen molar-refractivity contribution in [2.45, 2.75) is 26.3 Å². The predicted molar refractivity (Wildman–Crippen MR) is 119 cm³/mol. The highest BCUT2D eigenvalue weighted by Crippen LogP contribution is 2.21. The average Bonchev–Trinajstić information content (AvgIpc) is 3.49. The van der Waals surface area contributed by atoms with Gasteiger partial charge in [-0.05, 0) is 43.2 Å². The van der Waals surface area contributed by atoms with E-state index in [0.29, 0.717) is 44.9 Å². The van der Waals surface area contributed by atoms with E-state index < -0.39 is 0 Å². The minimum Gasteiger partial charge on any atom is -0.459 e. The lowest BCUT2D eigenvalue weighted by atomic mass is 10.2. The third-order valence-electron chi connectivity index (χ3n) is 5.67. The molecule has 2 saturated heterocycles. The fourth-order valence-electron chi connectivity index (χ4n) is 3.97. The summed E-state index contributed by atoms with van der Waals surface area (Å²) < 4.78 is 5.23. The van der Waals surface area contributed by atoms with Gasteiger partial charge in [-0.15, -0.1) is 0 Å². The molecule has 1 N–H and O–H groups in total. The van der Waals surface area contributed by atoms with Gasteiger partial charge in [-0.1, -0.05) is 12.1 Å². The SMILES string of the molecule is CCNC(=NCc1ccc(N2CCCC2=O)cc1)N1CCN(C(=O)c2ccco2)CC1.